The topological polar surface area (TPSA) is 35.5 Å². The van der Waals surface area contributed by atoms with E-state index in [1.807, 2.05) is 24.3 Å². The number of rotatable bonds is 3. The molecule has 2 aromatic rings. The van der Waals surface area contributed by atoms with Gasteiger partial charge in [-0.2, -0.15) is 0 Å². The molecule has 3 nitrogen and oxygen atoms in total. The van der Waals surface area contributed by atoms with Crippen LogP contribution < -0.4 is 9.47 Å². The SMILES string of the molecule is CCC1Oc2cc(C)ccc2C=C1c1ccc(OC(C)=O)cc1. The van der Waals surface area contributed by atoms with Gasteiger partial charge in [-0.05, 0) is 48.7 Å². The zero-order chi connectivity index (χ0) is 16.4. The zero-order valence-corrected chi connectivity index (χ0v) is 13.6. The molecule has 23 heavy (non-hydrogen) atoms. The fourth-order valence-corrected chi connectivity index (χ4v) is 2.79. The first-order chi connectivity index (χ1) is 11.1. The van der Waals surface area contributed by atoms with E-state index in [1.165, 1.54) is 12.5 Å². The number of ether oxygens (including phenoxy) is 2. The van der Waals surface area contributed by atoms with Crippen LogP contribution in [-0.4, -0.2) is 12.1 Å². The highest BCUT2D eigenvalue weighted by atomic mass is 16.5. The molecule has 0 saturated heterocycles. The van der Waals surface area contributed by atoms with Gasteiger partial charge in [0, 0.05) is 18.1 Å². The second-order valence-corrected chi connectivity index (χ2v) is 5.77. The van der Waals surface area contributed by atoms with E-state index < -0.39 is 0 Å². The number of carbonyl (C=O) groups excluding carboxylic acids is 1. The predicted molar refractivity (Wildman–Crippen MR) is 91.5 cm³/mol. The average molecular weight is 308 g/mol. The minimum atomic E-state index is -0.311. The van der Waals surface area contributed by atoms with Crippen LogP contribution in [0.2, 0.25) is 0 Å². The van der Waals surface area contributed by atoms with E-state index in [0.717, 1.165) is 28.9 Å². The Morgan fingerprint density at radius 1 is 1.17 bits per heavy atom. The van der Waals surface area contributed by atoms with E-state index in [9.17, 15) is 4.79 Å². The lowest BCUT2D eigenvalue weighted by molar-refractivity contribution is -0.131. The van der Waals surface area contributed by atoms with Gasteiger partial charge in [0.05, 0.1) is 0 Å². The van der Waals surface area contributed by atoms with E-state index in [2.05, 4.69) is 38.1 Å². The molecule has 0 fully saturated rings. The van der Waals surface area contributed by atoms with Crippen molar-refractivity contribution in [3.63, 3.8) is 0 Å². The van der Waals surface area contributed by atoms with Crippen LogP contribution in [0, 0.1) is 6.92 Å². The minimum Gasteiger partial charge on any atom is -0.485 e. The molecule has 0 radical (unpaired) electrons. The van der Waals surface area contributed by atoms with Crippen LogP contribution in [-0.2, 0) is 4.79 Å². The molecule has 1 aliphatic rings. The maximum absolute atomic E-state index is 11.0. The number of hydrogen-bond donors (Lipinski definition) is 0. The van der Waals surface area contributed by atoms with Gasteiger partial charge in [0.25, 0.3) is 0 Å². The second-order valence-electron chi connectivity index (χ2n) is 5.77. The molecule has 0 N–H and O–H groups in total. The van der Waals surface area contributed by atoms with Crippen molar-refractivity contribution in [1.82, 2.24) is 0 Å². The predicted octanol–water partition coefficient (Wildman–Crippen LogP) is 4.63. The molecule has 0 aromatic heterocycles. The molecular weight excluding hydrogens is 288 g/mol. The highest BCUT2D eigenvalue weighted by Gasteiger charge is 2.22. The molecule has 1 atom stereocenters. The maximum atomic E-state index is 11.0. The first-order valence-electron chi connectivity index (χ1n) is 7.84. The molecule has 2 aromatic carbocycles. The summed E-state index contributed by atoms with van der Waals surface area (Å²) in [5.74, 6) is 1.19. The third-order valence-corrected chi connectivity index (χ3v) is 3.92. The monoisotopic (exact) mass is 308 g/mol. The van der Waals surface area contributed by atoms with Crippen LogP contribution in [0.4, 0.5) is 0 Å². The first kappa shape index (κ1) is 15.3. The molecule has 0 bridgehead atoms. The van der Waals surface area contributed by atoms with Gasteiger partial charge in [0.2, 0.25) is 0 Å². The third-order valence-electron chi connectivity index (χ3n) is 3.92. The van der Waals surface area contributed by atoms with Crippen LogP contribution in [0.3, 0.4) is 0 Å². The van der Waals surface area contributed by atoms with Gasteiger partial charge in [0.15, 0.2) is 0 Å². The van der Waals surface area contributed by atoms with Crippen LogP contribution in [0.25, 0.3) is 11.6 Å². The Bertz CT molecular complexity index is 757. The molecule has 0 spiro atoms. The largest absolute Gasteiger partial charge is 0.485 e. The van der Waals surface area contributed by atoms with Crippen LogP contribution in [0.5, 0.6) is 11.5 Å². The van der Waals surface area contributed by atoms with Crippen molar-refractivity contribution >= 4 is 17.6 Å². The summed E-state index contributed by atoms with van der Waals surface area (Å²) in [6.07, 6.45) is 3.11. The highest BCUT2D eigenvalue weighted by Crippen LogP contribution is 2.36. The van der Waals surface area contributed by atoms with Crippen LogP contribution in [0.15, 0.2) is 42.5 Å². The van der Waals surface area contributed by atoms with Gasteiger partial charge < -0.3 is 9.47 Å². The first-order valence-corrected chi connectivity index (χ1v) is 7.84. The smallest absolute Gasteiger partial charge is 0.308 e. The van der Waals surface area contributed by atoms with Crippen molar-refractivity contribution in [3.05, 3.63) is 59.2 Å². The molecular formula is C20H20O3. The number of fused-ring (bicyclic) bond motifs is 1. The molecule has 1 unspecified atom stereocenters. The Morgan fingerprint density at radius 2 is 1.91 bits per heavy atom. The molecule has 118 valence electrons. The number of esters is 1. The molecule has 1 heterocycles. The summed E-state index contributed by atoms with van der Waals surface area (Å²) in [6, 6.07) is 13.8. The molecule has 0 amide bonds. The molecule has 3 rings (SSSR count). The van der Waals surface area contributed by atoms with E-state index in [0.29, 0.717) is 5.75 Å². The third kappa shape index (κ3) is 3.29. The summed E-state index contributed by atoms with van der Waals surface area (Å²) in [5.41, 5.74) is 4.53. The zero-order valence-electron chi connectivity index (χ0n) is 13.6. The van der Waals surface area contributed by atoms with E-state index in [4.69, 9.17) is 9.47 Å². The Labute approximate surface area is 136 Å². The van der Waals surface area contributed by atoms with Crippen molar-refractivity contribution in [3.8, 4) is 11.5 Å². The quantitative estimate of drug-likeness (QED) is 0.612. The van der Waals surface area contributed by atoms with E-state index >= 15 is 0 Å². The Kier molecular flexibility index (Phi) is 4.20. The lowest BCUT2D eigenvalue weighted by atomic mass is 9.93. The number of benzene rings is 2. The van der Waals surface area contributed by atoms with Gasteiger partial charge in [0.1, 0.15) is 17.6 Å². The Balaban J connectivity index is 1.96. The van der Waals surface area contributed by atoms with E-state index in [-0.39, 0.29) is 12.1 Å². The minimum absolute atomic E-state index is 0.0314. The summed E-state index contributed by atoms with van der Waals surface area (Å²) >= 11 is 0. The number of carbonyl (C=O) groups is 1. The summed E-state index contributed by atoms with van der Waals surface area (Å²) < 4.78 is 11.3. The lowest BCUT2D eigenvalue weighted by Crippen LogP contribution is -2.21. The highest BCUT2D eigenvalue weighted by molar-refractivity contribution is 5.87. The van der Waals surface area contributed by atoms with Gasteiger partial charge in [-0.3, -0.25) is 4.79 Å². The average Bonchev–Trinajstić information content (AvgIpc) is 2.53. The van der Waals surface area contributed by atoms with Crippen molar-refractivity contribution in [2.75, 3.05) is 0 Å². The summed E-state index contributed by atoms with van der Waals surface area (Å²) in [6.45, 7) is 5.58. The van der Waals surface area contributed by atoms with Crippen LogP contribution >= 0.6 is 0 Å². The number of aryl methyl sites for hydroxylation is 1. The van der Waals surface area contributed by atoms with Crippen molar-refractivity contribution in [2.45, 2.75) is 33.3 Å². The van der Waals surface area contributed by atoms with Gasteiger partial charge in [-0.15, -0.1) is 0 Å². The van der Waals surface area contributed by atoms with Gasteiger partial charge in [-0.25, -0.2) is 0 Å². The molecule has 0 aliphatic carbocycles. The second kappa shape index (κ2) is 6.29. The lowest BCUT2D eigenvalue weighted by Gasteiger charge is -2.27. The summed E-state index contributed by atoms with van der Waals surface area (Å²) in [4.78, 5) is 11.0. The summed E-state index contributed by atoms with van der Waals surface area (Å²) in [5, 5.41) is 0. The molecule has 1 aliphatic heterocycles. The van der Waals surface area contributed by atoms with Crippen molar-refractivity contribution in [1.29, 1.82) is 0 Å². The van der Waals surface area contributed by atoms with Gasteiger partial charge in [-0.1, -0.05) is 31.2 Å². The maximum Gasteiger partial charge on any atom is 0.308 e. The number of hydrogen-bond acceptors (Lipinski definition) is 3. The van der Waals surface area contributed by atoms with Crippen molar-refractivity contribution < 1.29 is 14.3 Å². The fraction of sp³-hybridized carbons (Fsp3) is 0.250. The van der Waals surface area contributed by atoms with E-state index in [1.54, 1.807) is 0 Å². The molecule has 3 heteroatoms. The molecule has 0 saturated carbocycles. The normalized spacial score (nSPS) is 16.1. The standard InChI is InChI=1S/C20H20O3/c1-4-19-18(12-16-6-5-13(2)11-20(16)23-19)15-7-9-17(10-8-15)22-14(3)21/h5-12,19H,4H2,1-3H3. The fourth-order valence-electron chi connectivity index (χ4n) is 2.79. The van der Waals surface area contributed by atoms with Crippen molar-refractivity contribution in [2.24, 2.45) is 0 Å². The summed E-state index contributed by atoms with van der Waals surface area (Å²) in [7, 11) is 0. The van der Waals surface area contributed by atoms with Gasteiger partial charge >= 0.3 is 5.97 Å². The Hall–Kier alpha value is -2.55. The van der Waals surface area contributed by atoms with Crippen LogP contribution in [0.1, 0.15) is 37.0 Å². The Morgan fingerprint density at radius 3 is 2.57 bits per heavy atom.